The van der Waals surface area contributed by atoms with Gasteiger partial charge in [0.15, 0.2) is 0 Å². The van der Waals surface area contributed by atoms with Crippen LogP contribution in [0.15, 0.2) is 17.1 Å². The molecule has 4 nitrogen and oxygen atoms in total. The molecule has 1 heterocycles. The van der Waals surface area contributed by atoms with Crippen LogP contribution < -0.4 is 10.9 Å². The number of nitrogens with one attached hydrogen (secondary N) is 2. The monoisotopic (exact) mass is 314 g/mol. The summed E-state index contributed by atoms with van der Waals surface area (Å²) >= 11 is 11.3. The number of halogens is 5. The van der Waals surface area contributed by atoms with Crippen molar-refractivity contribution in [2.75, 3.05) is 5.32 Å². The fourth-order valence-electron chi connectivity index (χ4n) is 1.46. The van der Waals surface area contributed by atoms with Crippen molar-refractivity contribution in [1.82, 2.24) is 4.98 Å². The fourth-order valence-corrected chi connectivity index (χ4v) is 1.96. The molecule has 1 aliphatic rings. The maximum atomic E-state index is 12.5. The number of aromatic nitrogens is 1. The fraction of sp³-hybridized carbons (Fsp3) is 0.400. The summed E-state index contributed by atoms with van der Waals surface area (Å²) in [6, 6.07) is 0.559. The van der Waals surface area contributed by atoms with Gasteiger partial charge in [-0.1, -0.05) is 0 Å². The Kier molecular flexibility index (Phi) is 3.30. The topological polar surface area (TPSA) is 62.0 Å². The van der Waals surface area contributed by atoms with Gasteiger partial charge in [0.25, 0.3) is 5.56 Å². The van der Waals surface area contributed by atoms with Crippen molar-refractivity contribution < 1.29 is 18.0 Å². The summed E-state index contributed by atoms with van der Waals surface area (Å²) in [7, 11) is 0. The highest BCUT2D eigenvalue weighted by molar-refractivity contribution is 6.52. The van der Waals surface area contributed by atoms with Crippen LogP contribution in [0.1, 0.15) is 12.0 Å². The van der Waals surface area contributed by atoms with E-state index < -0.39 is 39.1 Å². The van der Waals surface area contributed by atoms with E-state index in [0.29, 0.717) is 12.3 Å². The Morgan fingerprint density at radius 2 is 2.05 bits per heavy atom. The molecule has 1 atom stereocenters. The van der Waals surface area contributed by atoms with Crippen LogP contribution in [0.2, 0.25) is 0 Å². The van der Waals surface area contributed by atoms with Crippen molar-refractivity contribution in [3.8, 4) is 0 Å². The van der Waals surface area contributed by atoms with Gasteiger partial charge in [-0.25, -0.2) is 0 Å². The highest BCUT2D eigenvalue weighted by Gasteiger charge is 2.56. The molecule has 1 aromatic rings. The Balaban J connectivity index is 2.21. The summed E-state index contributed by atoms with van der Waals surface area (Å²) < 4.78 is 36.2. The highest BCUT2D eigenvalue weighted by atomic mass is 35.5. The van der Waals surface area contributed by atoms with Gasteiger partial charge in [-0.15, -0.1) is 23.2 Å². The maximum absolute atomic E-state index is 12.5. The number of pyridine rings is 1. The predicted octanol–water partition coefficient (Wildman–Crippen LogP) is 2.53. The molecule has 0 aromatic carbocycles. The zero-order valence-corrected chi connectivity index (χ0v) is 10.7. The lowest BCUT2D eigenvalue weighted by atomic mass is 10.2. The molecule has 0 saturated heterocycles. The molecule has 104 valence electrons. The van der Waals surface area contributed by atoms with Gasteiger partial charge in [-0.3, -0.25) is 9.59 Å². The summed E-state index contributed by atoms with van der Waals surface area (Å²) in [6.07, 6.45) is -3.90. The SMILES string of the molecule is O=C(Nc1cc(C(F)(F)F)c[nH]c1=O)C1CC1(Cl)Cl. The first-order valence-corrected chi connectivity index (χ1v) is 5.85. The summed E-state index contributed by atoms with van der Waals surface area (Å²) in [5.41, 5.74) is -2.39. The van der Waals surface area contributed by atoms with Gasteiger partial charge in [0.05, 0.1) is 11.5 Å². The Hall–Kier alpha value is -1.21. The van der Waals surface area contributed by atoms with Crippen molar-refractivity contribution >= 4 is 34.8 Å². The van der Waals surface area contributed by atoms with E-state index in [1.807, 2.05) is 4.98 Å². The molecule has 1 aromatic heterocycles. The summed E-state index contributed by atoms with van der Waals surface area (Å²) in [5.74, 6) is -1.42. The van der Waals surface area contributed by atoms with Crippen LogP contribution in [0.5, 0.6) is 0 Å². The number of aromatic amines is 1. The molecule has 1 fully saturated rings. The number of anilines is 1. The molecule has 1 aliphatic carbocycles. The van der Waals surface area contributed by atoms with Crippen molar-refractivity contribution in [2.45, 2.75) is 16.9 Å². The van der Waals surface area contributed by atoms with Crippen LogP contribution in [0.4, 0.5) is 18.9 Å². The number of hydrogen-bond acceptors (Lipinski definition) is 2. The van der Waals surface area contributed by atoms with E-state index in [1.165, 1.54) is 0 Å². The van der Waals surface area contributed by atoms with E-state index in [1.54, 1.807) is 0 Å². The Bertz CT molecular complexity index is 583. The van der Waals surface area contributed by atoms with Crippen molar-refractivity contribution in [2.24, 2.45) is 5.92 Å². The van der Waals surface area contributed by atoms with Crippen LogP contribution in [-0.2, 0) is 11.0 Å². The van der Waals surface area contributed by atoms with E-state index in [0.717, 1.165) is 0 Å². The lowest BCUT2D eigenvalue weighted by Gasteiger charge is -2.09. The molecule has 1 amide bonds. The third kappa shape index (κ3) is 3.03. The van der Waals surface area contributed by atoms with Crippen molar-refractivity contribution in [3.05, 3.63) is 28.2 Å². The van der Waals surface area contributed by atoms with Crippen LogP contribution >= 0.6 is 23.2 Å². The first kappa shape index (κ1) is 14.2. The average molecular weight is 315 g/mol. The first-order chi connectivity index (χ1) is 8.61. The third-order valence-corrected chi connectivity index (χ3v) is 3.47. The molecule has 2 rings (SSSR count). The second-order valence-corrected chi connectivity index (χ2v) is 5.68. The standard InChI is InChI=1S/C10H7Cl2F3N2O2/c11-9(12)2-5(9)7(18)17-6-1-4(10(13,14)15)3-16-8(6)19/h1,3,5H,2H2,(H,16,19)(H,17,18). The number of hydrogen-bond donors (Lipinski definition) is 2. The van der Waals surface area contributed by atoms with E-state index in [4.69, 9.17) is 23.2 Å². The van der Waals surface area contributed by atoms with E-state index in [9.17, 15) is 22.8 Å². The average Bonchev–Trinajstić information content (AvgIpc) is 2.89. The predicted molar refractivity (Wildman–Crippen MR) is 63.2 cm³/mol. The van der Waals surface area contributed by atoms with Crippen LogP contribution in [-0.4, -0.2) is 15.2 Å². The number of amides is 1. The van der Waals surface area contributed by atoms with Crippen molar-refractivity contribution in [3.63, 3.8) is 0 Å². The zero-order chi connectivity index (χ0) is 14.4. The van der Waals surface area contributed by atoms with Gasteiger partial charge in [-0.2, -0.15) is 13.2 Å². The minimum atomic E-state index is -4.62. The highest BCUT2D eigenvalue weighted by Crippen LogP contribution is 2.53. The molecule has 0 radical (unpaired) electrons. The van der Waals surface area contributed by atoms with Crippen LogP contribution in [0.25, 0.3) is 0 Å². The number of H-pyrrole nitrogens is 1. The molecule has 0 spiro atoms. The first-order valence-electron chi connectivity index (χ1n) is 5.10. The zero-order valence-electron chi connectivity index (χ0n) is 9.15. The van der Waals surface area contributed by atoms with Gasteiger partial charge < -0.3 is 10.3 Å². The molecule has 1 saturated carbocycles. The quantitative estimate of drug-likeness (QED) is 0.824. The van der Waals surface area contributed by atoms with Gasteiger partial charge in [-0.05, 0) is 12.5 Å². The molecule has 2 N–H and O–H groups in total. The smallest absolute Gasteiger partial charge is 0.327 e. The van der Waals surface area contributed by atoms with Crippen LogP contribution in [0, 0.1) is 5.92 Å². The number of rotatable bonds is 2. The van der Waals surface area contributed by atoms with Crippen molar-refractivity contribution in [1.29, 1.82) is 0 Å². The van der Waals surface area contributed by atoms with E-state index >= 15 is 0 Å². The molecule has 0 aliphatic heterocycles. The van der Waals surface area contributed by atoms with Gasteiger partial charge in [0.2, 0.25) is 5.91 Å². The minimum Gasteiger partial charge on any atom is -0.327 e. The molecule has 9 heteroatoms. The second kappa shape index (κ2) is 4.42. The van der Waals surface area contributed by atoms with E-state index in [-0.39, 0.29) is 6.42 Å². The largest absolute Gasteiger partial charge is 0.417 e. The summed E-state index contributed by atoms with van der Waals surface area (Å²) in [5, 5.41) is 2.09. The molecule has 19 heavy (non-hydrogen) atoms. The maximum Gasteiger partial charge on any atom is 0.417 e. The second-order valence-electron chi connectivity index (χ2n) is 4.14. The summed E-state index contributed by atoms with van der Waals surface area (Å²) in [6.45, 7) is 0. The number of alkyl halides is 5. The van der Waals surface area contributed by atoms with Gasteiger partial charge >= 0.3 is 6.18 Å². The Morgan fingerprint density at radius 3 is 2.53 bits per heavy atom. The Morgan fingerprint density at radius 1 is 1.47 bits per heavy atom. The lowest BCUT2D eigenvalue weighted by molar-refractivity contribution is -0.137. The molecule has 0 bridgehead atoms. The number of carbonyl (C=O) groups is 1. The van der Waals surface area contributed by atoms with Gasteiger partial charge in [0.1, 0.15) is 10.0 Å². The lowest BCUT2D eigenvalue weighted by Crippen LogP contribution is -2.23. The number of carbonyl (C=O) groups excluding carboxylic acids is 1. The van der Waals surface area contributed by atoms with Crippen LogP contribution in [0.3, 0.4) is 0 Å². The normalized spacial score (nSPS) is 21.0. The Labute approximate surface area is 114 Å². The van der Waals surface area contributed by atoms with Gasteiger partial charge in [0, 0.05) is 6.20 Å². The van der Waals surface area contributed by atoms with E-state index in [2.05, 4.69) is 5.32 Å². The summed E-state index contributed by atoms with van der Waals surface area (Å²) in [4.78, 5) is 24.8. The minimum absolute atomic E-state index is 0.193. The molecule has 1 unspecified atom stereocenters. The third-order valence-electron chi connectivity index (χ3n) is 2.63. The molecular formula is C10H7Cl2F3N2O2. The molecular weight excluding hydrogens is 308 g/mol.